The summed E-state index contributed by atoms with van der Waals surface area (Å²) < 4.78 is 12.4. The van der Waals surface area contributed by atoms with Gasteiger partial charge in [0.15, 0.2) is 11.0 Å². The van der Waals surface area contributed by atoms with Gasteiger partial charge in [-0.15, -0.1) is 10.2 Å². The maximum Gasteiger partial charge on any atom is 0.250 e. The Bertz CT molecular complexity index is 1330. The van der Waals surface area contributed by atoms with Crippen LogP contribution in [-0.4, -0.2) is 51.8 Å². The van der Waals surface area contributed by atoms with Crippen LogP contribution in [0.4, 0.5) is 0 Å². The standard InChI is InChI=1S/C24H21ClN6O3S/c1-33-20-7-8-21(34-2)17(13-20)14-27-28-22(32)15-35-24-30-29-23(16-9-11-26-12-10-16)31(24)19-5-3-18(25)4-6-19/h3-14H,15H2,1-2H3,(H,28,32)/b27-14-. The fourth-order valence-corrected chi connectivity index (χ4v) is 4.02. The largest absolute Gasteiger partial charge is 0.497 e. The minimum absolute atomic E-state index is 0.0780. The van der Waals surface area contributed by atoms with Crippen molar-refractivity contribution >= 4 is 35.5 Å². The fraction of sp³-hybridized carbons (Fsp3) is 0.125. The molecule has 0 fully saturated rings. The maximum absolute atomic E-state index is 12.5. The lowest BCUT2D eigenvalue weighted by atomic mass is 10.2. The van der Waals surface area contributed by atoms with Crippen molar-refractivity contribution in [2.45, 2.75) is 5.16 Å². The van der Waals surface area contributed by atoms with Crippen LogP contribution in [0.2, 0.25) is 5.02 Å². The van der Waals surface area contributed by atoms with Crippen LogP contribution in [0, 0.1) is 0 Å². The average molecular weight is 509 g/mol. The van der Waals surface area contributed by atoms with E-state index in [2.05, 4.69) is 25.7 Å². The second kappa shape index (κ2) is 11.5. The summed E-state index contributed by atoms with van der Waals surface area (Å²) in [6, 6.07) is 16.3. The van der Waals surface area contributed by atoms with Crippen molar-refractivity contribution in [3.63, 3.8) is 0 Å². The Hall–Kier alpha value is -3.89. The molecule has 11 heteroatoms. The van der Waals surface area contributed by atoms with Crippen LogP contribution >= 0.6 is 23.4 Å². The van der Waals surface area contributed by atoms with Crippen molar-refractivity contribution in [3.05, 3.63) is 77.6 Å². The summed E-state index contributed by atoms with van der Waals surface area (Å²) in [6.07, 6.45) is 4.87. The average Bonchev–Trinajstić information content (AvgIpc) is 3.32. The number of nitrogens with one attached hydrogen (secondary N) is 1. The molecule has 2 aromatic heterocycles. The normalized spacial score (nSPS) is 10.9. The molecule has 178 valence electrons. The quantitative estimate of drug-likeness (QED) is 0.205. The number of hydrogen-bond donors (Lipinski definition) is 1. The number of hydrogen-bond acceptors (Lipinski definition) is 8. The Morgan fingerprint density at radius 2 is 1.86 bits per heavy atom. The molecule has 9 nitrogen and oxygen atoms in total. The molecule has 0 saturated heterocycles. The van der Waals surface area contributed by atoms with Crippen molar-refractivity contribution in [2.24, 2.45) is 5.10 Å². The van der Waals surface area contributed by atoms with E-state index in [9.17, 15) is 4.79 Å². The Kier molecular flexibility index (Phi) is 7.96. The summed E-state index contributed by atoms with van der Waals surface area (Å²) in [6.45, 7) is 0. The van der Waals surface area contributed by atoms with E-state index >= 15 is 0 Å². The van der Waals surface area contributed by atoms with Gasteiger partial charge < -0.3 is 9.47 Å². The van der Waals surface area contributed by atoms with E-state index in [1.165, 1.54) is 18.0 Å². The molecule has 35 heavy (non-hydrogen) atoms. The zero-order valence-corrected chi connectivity index (χ0v) is 20.5. The second-order valence-electron chi connectivity index (χ2n) is 7.04. The van der Waals surface area contributed by atoms with E-state index in [0.717, 1.165) is 11.3 Å². The Morgan fingerprint density at radius 1 is 1.09 bits per heavy atom. The molecule has 0 aliphatic carbocycles. The Labute approximate surface area is 211 Å². The predicted molar refractivity (Wildman–Crippen MR) is 136 cm³/mol. The monoisotopic (exact) mass is 508 g/mol. The van der Waals surface area contributed by atoms with Gasteiger partial charge in [0.2, 0.25) is 0 Å². The lowest BCUT2D eigenvalue weighted by Gasteiger charge is -2.10. The molecule has 1 amide bonds. The number of methoxy groups -OCH3 is 2. The van der Waals surface area contributed by atoms with Crippen LogP contribution in [0.5, 0.6) is 11.5 Å². The van der Waals surface area contributed by atoms with Gasteiger partial charge in [0.05, 0.1) is 26.2 Å². The summed E-state index contributed by atoms with van der Waals surface area (Å²) in [4.78, 5) is 16.5. The summed E-state index contributed by atoms with van der Waals surface area (Å²) in [7, 11) is 3.13. The van der Waals surface area contributed by atoms with Gasteiger partial charge in [-0.05, 0) is 54.6 Å². The highest BCUT2D eigenvalue weighted by Crippen LogP contribution is 2.28. The number of aromatic nitrogens is 4. The maximum atomic E-state index is 12.5. The van der Waals surface area contributed by atoms with Gasteiger partial charge in [0, 0.05) is 34.2 Å². The van der Waals surface area contributed by atoms with E-state index in [1.54, 1.807) is 56.9 Å². The van der Waals surface area contributed by atoms with Gasteiger partial charge in [-0.25, -0.2) is 5.43 Å². The van der Waals surface area contributed by atoms with Crippen LogP contribution in [-0.2, 0) is 4.79 Å². The van der Waals surface area contributed by atoms with E-state index in [0.29, 0.717) is 33.1 Å². The first-order chi connectivity index (χ1) is 17.1. The molecule has 0 aliphatic heterocycles. The van der Waals surface area contributed by atoms with E-state index < -0.39 is 0 Å². The van der Waals surface area contributed by atoms with Crippen molar-refractivity contribution in [3.8, 4) is 28.6 Å². The molecule has 2 heterocycles. The lowest BCUT2D eigenvalue weighted by Crippen LogP contribution is -2.20. The van der Waals surface area contributed by atoms with E-state index in [1.807, 2.05) is 28.8 Å². The zero-order valence-electron chi connectivity index (χ0n) is 18.9. The number of rotatable bonds is 9. The highest BCUT2D eigenvalue weighted by atomic mass is 35.5. The number of carbonyl (C=O) groups is 1. The van der Waals surface area contributed by atoms with Gasteiger partial charge >= 0.3 is 0 Å². The predicted octanol–water partition coefficient (Wildman–Crippen LogP) is 4.24. The number of thioether (sulfide) groups is 1. The van der Waals surface area contributed by atoms with Crippen LogP contribution in [0.25, 0.3) is 17.1 Å². The van der Waals surface area contributed by atoms with Crippen molar-refractivity contribution in [1.82, 2.24) is 25.2 Å². The first kappa shape index (κ1) is 24.2. The molecule has 0 saturated carbocycles. The zero-order chi connectivity index (χ0) is 24.6. The minimum Gasteiger partial charge on any atom is -0.497 e. The van der Waals surface area contributed by atoms with Gasteiger partial charge in [-0.3, -0.25) is 14.3 Å². The topological polar surface area (TPSA) is 104 Å². The third-order valence-corrected chi connectivity index (χ3v) is 6.00. The van der Waals surface area contributed by atoms with E-state index in [-0.39, 0.29) is 11.7 Å². The van der Waals surface area contributed by atoms with Gasteiger partial charge in [-0.2, -0.15) is 5.10 Å². The number of pyridine rings is 1. The number of nitrogens with zero attached hydrogens (tertiary/aromatic N) is 5. The van der Waals surface area contributed by atoms with Gasteiger partial charge in [0.25, 0.3) is 5.91 Å². The Balaban J connectivity index is 1.49. The first-order valence-electron chi connectivity index (χ1n) is 10.4. The number of hydrazone groups is 1. The van der Waals surface area contributed by atoms with Crippen molar-refractivity contribution < 1.29 is 14.3 Å². The molecule has 0 unspecified atom stereocenters. The highest BCUT2D eigenvalue weighted by molar-refractivity contribution is 7.99. The lowest BCUT2D eigenvalue weighted by molar-refractivity contribution is -0.118. The van der Waals surface area contributed by atoms with Crippen LogP contribution in [0.3, 0.4) is 0 Å². The smallest absolute Gasteiger partial charge is 0.250 e. The molecule has 2 aromatic carbocycles. The molecule has 0 spiro atoms. The molecule has 0 radical (unpaired) electrons. The molecule has 4 aromatic rings. The SMILES string of the molecule is COc1ccc(OC)c(/C=N\NC(=O)CSc2nnc(-c3ccncc3)n2-c2ccc(Cl)cc2)c1. The fourth-order valence-electron chi connectivity index (χ4n) is 3.15. The van der Waals surface area contributed by atoms with Gasteiger partial charge in [0.1, 0.15) is 11.5 Å². The number of halogens is 1. The van der Waals surface area contributed by atoms with Crippen LogP contribution in [0.15, 0.2) is 77.2 Å². The first-order valence-corrected chi connectivity index (χ1v) is 11.7. The van der Waals surface area contributed by atoms with Crippen molar-refractivity contribution in [1.29, 1.82) is 0 Å². The number of carbonyl (C=O) groups excluding carboxylic acids is 1. The summed E-state index contributed by atoms with van der Waals surface area (Å²) in [5.74, 6) is 1.66. The number of benzene rings is 2. The number of amides is 1. The van der Waals surface area contributed by atoms with Crippen LogP contribution < -0.4 is 14.9 Å². The highest BCUT2D eigenvalue weighted by Gasteiger charge is 2.17. The molecule has 0 atom stereocenters. The Morgan fingerprint density at radius 3 is 2.57 bits per heavy atom. The molecular formula is C24H21ClN6O3S. The van der Waals surface area contributed by atoms with E-state index in [4.69, 9.17) is 21.1 Å². The molecule has 0 aliphatic rings. The molecule has 4 rings (SSSR count). The molecular weight excluding hydrogens is 488 g/mol. The third-order valence-electron chi connectivity index (χ3n) is 4.82. The third kappa shape index (κ3) is 5.97. The molecule has 0 bridgehead atoms. The summed E-state index contributed by atoms with van der Waals surface area (Å²) >= 11 is 7.31. The minimum atomic E-state index is -0.302. The summed E-state index contributed by atoms with van der Waals surface area (Å²) in [5, 5.41) is 13.9. The van der Waals surface area contributed by atoms with Gasteiger partial charge in [-0.1, -0.05) is 23.4 Å². The van der Waals surface area contributed by atoms with Crippen molar-refractivity contribution in [2.75, 3.05) is 20.0 Å². The second-order valence-corrected chi connectivity index (χ2v) is 8.42. The van der Waals surface area contributed by atoms with Crippen LogP contribution in [0.1, 0.15) is 5.56 Å². The molecule has 1 N–H and O–H groups in total. The summed E-state index contributed by atoms with van der Waals surface area (Å²) in [5.41, 5.74) is 4.86. The number of ether oxygens (including phenoxy) is 2.